The average molecular weight is 418 g/mol. The summed E-state index contributed by atoms with van der Waals surface area (Å²) in [4.78, 5) is 0. The third kappa shape index (κ3) is 2.97. The third-order valence-corrected chi connectivity index (χ3v) is 6.18. The largest absolute Gasteiger partial charge is 0.441 e. The molecule has 2 aromatic rings. The maximum Gasteiger partial charge on any atom is 0.441 e. The van der Waals surface area contributed by atoms with Crippen LogP contribution in [0.5, 0.6) is 0 Å². The minimum atomic E-state index is -7.27. The molecule has 0 aliphatic carbocycles. The van der Waals surface area contributed by atoms with Gasteiger partial charge in [-0.15, -0.1) is 0 Å². The van der Waals surface area contributed by atoms with E-state index in [1.807, 2.05) is 0 Å². The first kappa shape index (κ1) is 21.1. The van der Waals surface area contributed by atoms with Gasteiger partial charge in [-0.25, -0.2) is 17.2 Å². The van der Waals surface area contributed by atoms with Crippen LogP contribution in [-0.4, -0.2) is 20.8 Å². The van der Waals surface area contributed by atoms with Crippen LogP contribution >= 0.6 is 0 Å². The van der Waals surface area contributed by atoms with E-state index in [0.29, 0.717) is 24.3 Å². The van der Waals surface area contributed by atoms with E-state index < -0.39 is 43.3 Å². The highest BCUT2D eigenvalue weighted by Gasteiger charge is 2.79. The molecule has 2 aromatic carbocycles. The molecule has 2 atom stereocenters. The molecule has 2 unspecified atom stereocenters. The van der Waals surface area contributed by atoms with Crippen LogP contribution in [0, 0.1) is 0 Å². The average Bonchev–Trinajstić information content (AvgIpc) is 2.59. The Morgan fingerprint density at radius 2 is 0.778 bits per heavy atom. The summed E-state index contributed by atoms with van der Waals surface area (Å²) in [5.41, 5.74) is -3.39. The molecular weight excluding hydrogens is 408 g/mol. The second-order valence-electron chi connectivity index (χ2n) is 5.42. The summed E-state index contributed by atoms with van der Waals surface area (Å²) in [5, 5.41) is -11.3. The summed E-state index contributed by atoms with van der Waals surface area (Å²) in [6.07, 6.45) is -12.8. The van der Waals surface area contributed by atoms with Crippen molar-refractivity contribution < 1.29 is 43.5 Å². The second kappa shape index (κ2) is 6.47. The van der Waals surface area contributed by atoms with Gasteiger partial charge in [0, 0.05) is 11.1 Å². The predicted molar refractivity (Wildman–Crippen MR) is 79.5 cm³/mol. The first-order valence-electron chi connectivity index (χ1n) is 7.07. The number of hydrogen-bond donors (Lipinski definition) is 0. The van der Waals surface area contributed by atoms with Crippen LogP contribution in [0.1, 0.15) is 11.1 Å². The normalized spacial score (nSPS) is 17.8. The molecule has 0 radical (unpaired) electrons. The summed E-state index contributed by atoms with van der Waals surface area (Å²) >= 11 is 0. The van der Waals surface area contributed by atoms with Crippen molar-refractivity contribution in [3.8, 4) is 0 Å². The molecule has 0 aromatic heterocycles. The predicted octanol–water partition coefficient (Wildman–Crippen LogP) is 5.17. The molecule has 2 rings (SSSR count). The molecule has 11 heteroatoms. The molecule has 0 N–H and O–H groups in total. The molecule has 27 heavy (non-hydrogen) atoms. The SMILES string of the molecule is O=S(=O)(C(F)(c1ccccc1)C(F)(F)F)C(F)(c1ccccc1)C(F)(F)F. The lowest BCUT2D eigenvalue weighted by Crippen LogP contribution is -2.57. The number of hydrogen-bond acceptors (Lipinski definition) is 2. The van der Waals surface area contributed by atoms with Gasteiger partial charge in [0.15, 0.2) is 0 Å². The molecule has 0 saturated carbocycles. The van der Waals surface area contributed by atoms with Crippen molar-refractivity contribution in [2.24, 2.45) is 0 Å². The molecular formula is C16H10F8O2S. The Morgan fingerprint density at radius 3 is 1.00 bits per heavy atom. The van der Waals surface area contributed by atoms with Gasteiger partial charge < -0.3 is 0 Å². The fraction of sp³-hybridized carbons (Fsp3) is 0.250. The molecule has 0 amide bonds. The van der Waals surface area contributed by atoms with E-state index in [0.717, 1.165) is 36.4 Å². The van der Waals surface area contributed by atoms with E-state index in [1.165, 1.54) is 0 Å². The Balaban J connectivity index is 2.93. The Kier molecular flexibility index (Phi) is 5.06. The lowest BCUT2D eigenvalue weighted by Gasteiger charge is -2.36. The van der Waals surface area contributed by atoms with Gasteiger partial charge in [0.05, 0.1) is 0 Å². The topological polar surface area (TPSA) is 34.1 Å². The molecule has 0 bridgehead atoms. The summed E-state index contributed by atoms with van der Waals surface area (Å²) in [5.74, 6) is 0. The standard InChI is InChI=1S/C16H10F8O2S/c17-13(15(19,20)21,11-7-3-1-4-8-11)27(25,26)14(18,16(22,23)24)12-9-5-2-6-10-12/h1-10H. The van der Waals surface area contributed by atoms with Crippen molar-refractivity contribution in [1.29, 1.82) is 0 Å². The summed E-state index contributed by atoms with van der Waals surface area (Å²) in [6, 6.07) is 6.52. The Morgan fingerprint density at radius 1 is 0.519 bits per heavy atom. The van der Waals surface area contributed by atoms with E-state index in [9.17, 15) is 34.8 Å². The van der Waals surface area contributed by atoms with Crippen molar-refractivity contribution in [2.45, 2.75) is 22.4 Å². The van der Waals surface area contributed by atoms with Crippen LogP contribution in [0.25, 0.3) is 0 Å². The van der Waals surface area contributed by atoms with Gasteiger partial charge in [-0.1, -0.05) is 60.7 Å². The minimum absolute atomic E-state index is 0.312. The monoisotopic (exact) mass is 418 g/mol. The lowest BCUT2D eigenvalue weighted by molar-refractivity contribution is -0.219. The summed E-state index contributed by atoms with van der Waals surface area (Å²) in [6.45, 7) is 0. The lowest BCUT2D eigenvalue weighted by atomic mass is 10.1. The smallest absolute Gasteiger partial charge is 0.221 e. The molecule has 0 aliphatic heterocycles. The van der Waals surface area contributed by atoms with Crippen LogP contribution < -0.4 is 0 Å². The Labute approximate surface area is 148 Å². The quantitative estimate of drug-likeness (QED) is 0.642. The molecule has 0 fully saturated rings. The van der Waals surface area contributed by atoms with Crippen LogP contribution in [0.15, 0.2) is 60.7 Å². The van der Waals surface area contributed by atoms with Crippen LogP contribution in [0.4, 0.5) is 35.1 Å². The van der Waals surface area contributed by atoms with Crippen LogP contribution in [0.2, 0.25) is 0 Å². The van der Waals surface area contributed by atoms with Gasteiger partial charge in [-0.05, 0) is 0 Å². The zero-order chi connectivity index (χ0) is 20.7. The number of sulfone groups is 1. The maximum absolute atomic E-state index is 15.1. The van der Waals surface area contributed by atoms with Crippen LogP contribution in [0.3, 0.4) is 0 Å². The fourth-order valence-electron chi connectivity index (χ4n) is 2.44. The minimum Gasteiger partial charge on any atom is -0.221 e. The zero-order valence-corrected chi connectivity index (χ0v) is 13.8. The first-order chi connectivity index (χ1) is 12.2. The number of alkyl halides is 8. The van der Waals surface area contributed by atoms with Crippen molar-refractivity contribution in [2.75, 3.05) is 0 Å². The van der Waals surface area contributed by atoms with Gasteiger partial charge in [0.2, 0.25) is 9.84 Å². The summed E-state index contributed by atoms with van der Waals surface area (Å²) in [7, 11) is -7.27. The van der Waals surface area contributed by atoms with E-state index in [-0.39, 0.29) is 0 Å². The Hall–Kier alpha value is -2.17. The molecule has 0 spiro atoms. The molecule has 0 heterocycles. The van der Waals surface area contributed by atoms with E-state index >= 15 is 8.78 Å². The maximum atomic E-state index is 15.1. The second-order valence-corrected chi connectivity index (χ2v) is 7.55. The van der Waals surface area contributed by atoms with Crippen molar-refractivity contribution in [1.82, 2.24) is 0 Å². The molecule has 2 nitrogen and oxygen atoms in total. The highest BCUT2D eigenvalue weighted by Crippen LogP contribution is 2.58. The van der Waals surface area contributed by atoms with E-state index in [4.69, 9.17) is 0 Å². The number of halogens is 8. The van der Waals surface area contributed by atoms with Crippen molar-refractivity contribution in [3.05, 3.63) is 71.8 Å². The molecule has 0 aliphatic rings. The third-order valence-electron chi connectivity index (χ3n) is 3.76. The highest BCUT2D eigenvalue weighted by atomic mass is 32.2. The van der Waals surface area contributed by atoms with E-state index in [1.54, 1.807) is 0 Å². The van der Waals surface area contributed by atoms with Gasteiger partial charge in [-0.2, -0.15) is 26.3 Å². The Bertz CT molecular complexity index is 824. The molecule has 148 valence electrons. The van der Waals surface area contributed by atoms with Crippen molar-refractivity contribution in [3.63, 3.8) is 0 Å². The van der Waals surface area contributed by atoms with Crippen LogP contribution in [-0.2, 0) is 19.8 Å². The van der Waals surface area contributed by atoms with Crippen molar-refractivity contribution >= 4 is 9.84 Å². The highest BCUT2D eigenvalue weighted by molar-refractivity contribution is 7.93. The zero-order valence-electron chi connectivity index (χ0n) is 13.0. The summed E-state index contributed by atoms with van der Waals surface area (Å²) < 4.78 is 135. The van der Waals surface area contributed by atoms with Gasteiger partial charge in [0.1, 0.15) is 0 Å². The molecule has 0 saturated heterocycles. The number of benzene rings is 2. The fourth-order valence-corrected chi connectivity index (χ4v) is 4.33. The van der Waals surface area contributed by atoms with Gasteiger partial charge in [-0.3, -0.25) is 0 Å². The number of rotatable bonds is 4. The van der Waals surface area contributed by atoms with Gasteiger partial charge in [0.25, 0.3) is 0 Å². The van der Waals surface area contributed by atoms with Gasteiger partial charge >= 0.3 is 22.4 Å². The first-order valence-corrected chi connectivity index (χ1v) is 8.56. The van der Waals surface area contributed by atoms with E-state index in [2.05, 4.69) is 0 Å².